The van der Waals surface area contributed by atoms with Gasteiger partial charge in [0.2, 0.25) is 0 Å². The Morgan fingerprint density at radius 1 is 1.42 bits per heavy atom. The summed E-state index contributed by atoms with van der Waals surface area (Å²) >= 11 is 9.34. The van der Waals surface area contributed by atoms with Crippen molar-refractivity contribution >= 4 is 50.7 Å². The third-order valence-electron chi connectivity index (χ3n) is 2.32. The lowest BCUT2D eigenvalue weighted by atomic mass is 10.2. The van der Waals surface area contributed by atoms with Gasteiger partial charge in [0.15, 0.2) is 0 Å². The molecule has 19 heavy (non-hydrogen) atoms. The van der Waals surface area contributed by atoms with Crippen LogP contribution in [0.15, 0.2) is 34.9 Å². The highest BCUT2D eigenvalue weighted by molar-refractivity contribution is 9.10. The molecule has 0 radical (unpaired) electrons. The van der Waals surface area contributed by atoms with Crippen LogP contribution in [0.1, 0.15) is 10.4 Å². The van der Waals surface area contributed by atoms with E-state index in [1.54, 1.807) is 18.2 Å². The Kier molecular flexibility index (Phi) is 3.92. The summed E-state index contributed by atoms with van der Waals surface area (Å²) in [4.78, 5) is 15.1. The first-order valence-electron chi connectivity index (χ1n) is 5.18. The van der Waals surface area contributed by atoms with Crippen molar-refractivity contribution in [2.24, 2.45) is 0 Å². The first kappa shape index (κ1) is 13.6. The maximum absolute atomic E-state index is 11.1. The number of nitrogens with zero attached hydrogens (tertiary/aromatic N) is 1. The number of carboxylic acid groups (broad SMARTS) is 1. The second-order valence-corrected chi connectivity index (χ2v) is 5.04. The molecule has 1 aromatic heterocycles. The Morgan fingerprint density at radius 2 is 2.16 bits per heavy atom. The molecule has 0 bridgehead atoms. The summed E-state index contributed by atoms with van der Waals surface area (Å²) in [6.07, 6.45) is 1.38. The van der Waals surface area contributed by atoms with E-state index in [0.717, 1.165) is 4.47 Å². The molecule has 2 aromatic rings. The second-order valence-electron chi connectivity index (χ2n) is 3.72. The lowest BCUT2D eigenvalue weighted by molar-refractivity contribution is 0.0697. The fraction of sp³-hybridized carbons (Fsp3) is 0. The Labute approximate surface area is 122 Å². The first-order chi connectivity index (χ1) is 8.97. The molecule has 4 N–H and O–H groups in total. The van der Waals surface area contributed by atoms with Crippen molar-refractivity contribution in [1.82, 2.24) is 4.98 Å². The molecule has 0 aliphatic carbocycles. The number of pyridine rings is 1. The summed E-state index contributed by atoms with van der Waals surface area (Å²) in [5, 5.41) is 12.5. The van der Waals surface area contributed by atoms with E-state index >= 15 is 0 Å². The average molecular weight is 343 g/mol. The highest BCUT2D eigenvalue weighted by Gasteiger charge is 2.13. The number of benzene rings is 1. The number of nitrogen functional groups attached to an aromatic ring is 1. The molecule has 0 spiro atoms. The number of rotatable bonds is 3. The highest BCUT2D eigenvalue weighted by atomic mass is 79.9. The standard InChI is InChI=1S/C12H9BrClN3O2/c13-6-1-2-9(14)10(3-6)17-11-8(12(18)19)4-7(15)5-16-11/h1-5H,15H2,(H,16,17)(H,18,19). The number of anilines is 3. The van der Waals surface area contributed by atoms with Gasteiger partial charge in [-0.2, -0.15) is 0 Å². The molecule has 0 unspecified atom stereocenters. The summed E-state index contributed by atoms with van der Waals surface area (Å²) in [7, 11) is 0. The molecule has 5 nitrogen and oxygen atoms in total. The van der Waals surface area contributed by atoms with Gasteiger partial charge in [-0.15, -0.1) is 0 Å². The van der Waals surface area contributed by atoms with Crippen LogP contribution in [0.4, 0.5) is 17.2 Å². The van der Waals surface area contributed by atoms with Crippen LogP contribution in [0.3, 0.4) is 0 Å². The van der Waals surface area contributed by atoms with E-state index in [0.29, 0.717) is 10.7 Å². The zero-order valence-electron chi connectivity index (χ0n) is 9.52. The topological polar surface area (TPSA) is 88.2 Å². The van der Waals surface area contributed by atoms with Crippen molar-refractivity contribution in [2.45, 2.75) is 0 Å². The van der Waals surface area contributed by atoms with Gasteiger partial charge in [-0.1, -0.05) is 27.5 Å². The normalized spacial score (nSPS) is 10.2. The van der Waals surface area contributed by atoms with Gasteiger partial charge in [0.25, 0.3) is 0 Å². The van der Waals surface area contributed by atoms with E-state index < -0.39 is 5.97 Å². The van der Waals surface area contributed by atoms with Crippen LogP contribution in [0.2, 0.25) is 5.02 Å². The summed E-state index contributed by atoms with van der Waals surface area (Å²) < 4.78 is 0.812. The van der Waals surface area contributed by atoms with Crippen molar-refractivity contribution in [1.29, 1.82) is 0 Å². The fourth-order valence-corrected chi connectivity index (χ4v) is 1.99. The number of nitrogens with two attached hydrogens (primary N) is 1. The molecule has 0 aliphatic rings. The molecule has 0 aliphatic heterocycles. The van der Waals surface area contributed by atoms with Gasteiger partial charge in [-0.3, -0.25) is 0 Å². The summed E-state index contributed by atoms with van der Waals surface area (Å²) in [5.74, 6) is -0.935. The van der Waals surface area contributed by atoms with Crippen LogP contribution >= 0.6 is 27.5 Å². The Hall–Kier alpha value is -1.79. The first-order valence-corrected chi connectivity index (χ1v) is 6.35. The van der Waals surface area contributed by atoms with Gasteiger partial charge in [0.1, 0.15) is 11.4 Å². The van der Waals surface area contributed by atoms with Gasteiger partial charge >= 0.3 is 5.97 Å². The number of hydrogen-bond donors (Lipinski definition) is 3. The lowest BCUT2D eigenvalue weighted by Crippen LogP contribution is -2.06. The van der Waals surface area contributed by atoms with Crippen LogP contribution in [0.5, 0.6) is 0 Å². The average Bonchev–Trinajstić information content (AvgIpc) is 2.35. The SMILES string of the molecule is Nc1cnc(Nc2cc(Br)ccc2Cl)c(C(=O)O)c1. The maximum atomic E-state index is 11.1. The van der Waals surface area contributed by atoms with E-state index in [9.17, 15) is 4.79 Å². The van der Waals surface area contributed by atoms with E-state index in [-0.39, 0.29) is 17.1 Å². The molecule has 0 amide bonds. The molecule has 0 saturated heterocycles. The molecule has 2 rings (SSSR count). The number of hydrogen-bond acceptors (Lipinski definition) is 4. The third kappa shape index (κ3) is 3.15. The molecular weight excluding hydrogens is 334 g/mol. The molecule has 1 heterocycles. The predicted octanol–water partition coefficient (Wildman–Crippen LogP) is 3.52. The third-order valence-corrected chi connectivity index (χ3v) is 3.14. The second kappa shape index (κ2) is 5.46. The number of nitrogens with one attached hydrogen (secondary N) is 1. The molecule has 7 heteroatoms. The zero-order valence-corrected chi connectivity index (χ0v) is 11.9. The minimum Gasteiger partial charge on any atom is -0.478 e. The Morgan fingerprint density at radius 3 is 2.84 bits per heavy atom. The van der Waals surface area contributed by atoms with Crippen molar-refractivity contribution in [3.05, 3.63) is 45.5 Å². The monoisotopic (exact) mass is 341 g/mol. The number of halogens is 2. The Balaban J connectivity index is 2.43. The van der Waals surface area contributed by atoms with E-state index in [1.165, 1.54) is 12.3 Å². The van der Waals surface area contributed by atoms with Crippen LogP contribution < -0.4 is 11.1 Å². The maximum Gasteiger partial charge on any atom is 0.339 e. The van der Waals surface area contributed by atoms with Gasteiger partial charge in [0.05, 0.1) is 22.6 Å². The van der Waals surface area contributed by atoms with Gasteiger partial charge in [0, 0.05) is 4.47 Å². The smallest absolute Gasteiger partial charge is 0.339 e. The van der Waals surface area contributed by atoms with Crippen molar-refractivity contribution < 1.29 is 9.90 Å². The molecule has 0 saturated carbocycles. The highest BCUT2D eigenvalue weighted by Crippen LogP contribution is 2.29. The number of carbonyl (C=O) groups is 1. The Bertz CT molecular complexity index is 649. The molecule has 1 aromatic carbocycles. The van der Waals surface area contributed by atoms with Gasteiger partial charge < -0.3 is 16.2 Å². The van der Waals surface area contributed by atoms with Gasteiger partial charge in [-0.25, -0.2) is 9.78 Å². The van der Waals surface area contributed by atoms with Gasteiger partial charge in [-0.05, 0) is 24.3 Å². The molecule has 0 fully saturated rings. The summed E-state index contributed by atoms with van der Waals surface area (Å²) in [6.45, 7) is 0. The minimum atomic E-state index is -1.12. The van der Waals surface area contributed by atoms with E-state index in [2.05, 4.69) is 26.2 Å². The molecule has 0 atom stereocenters. The van der Waals surface area contributed by atoms with Crippen LogP contribution in [-0.4, -0.2) is 16.1 Å². The lowest BCUT2D eigenvalue weighted by Gasteiger charge is -2.10. The quantitative estimate of drug-likeness (QED) is 0.794. The molecular formula is C12H9BrClN3O2. The van der Waals surface area contributed by atoms with Crippen LogP contribution in [0, 0.1) is 0 Å². The number of aromatic nitrogens is 1. The van der Waals surface area contributed by atoms with Crippen molar-refractivity contribution in [3.63, 3.8) is 0 Å². The van der Waals surface area contributed by atoms with E-state index in [4.69, 9.17) is 22.4 Å². The molecule has 98 valence electrons. The van der Waals surface area contributed by atoms with Crippen LogP contribution in [0.25, 0.3) is 0 Å². The van der Waals surface area contributed by atoms with Crippen molar-refractivity contribution in [3.8, 4) is 0 Å². The fourth-order valence-electron chi connectivity index (χ4n) is 1.46. The van der Waals surface area contributed by atoms with Crippen LogP contribution in [-0.2, 0) is 0 Å². The number of carboxylic acids is 1. The largest absolute Gasteiger partial charge is 0.478 e. The summed E-state index contributed by atoms with van der Waals surface area (Å²) in [6, 6.07) is 6.53. The summed E-state index contributed by atoms with van der Waals surface area (Å²) in [5.41, 5.74) is 6.34. The predicted molar refractivity (Wildman–Crippen MR) is 78.0 cm³/mol. The minimum absolute atomic E-state index is 0.0176. The van der Waals surface area contributed by atoms with Crippen molar-refractivity contribution in [2.75, 3.05) is 11.1 Å². The van der Waals surface area contributed by atoms with E-state index in [1.807, 2.05) is 0 Å². The zero-order chi connectivity index (χ0) is 14.0. The number of aromatic carboxylic acids is 1.